The number of benzene rings is 1. The van der Waals surface area contributed by atoms with Gasteiger partial charge in [0.25, 0.3) is 0 Å². The van der Waals surface area contributed by atoms with Crippen LogP contribution in [0.5, 0.6) is 0 Å². The molecule has 2 aromatic rings. The maximum atomic E-state index is 11.9. The zero-order chi connectivity index (χ0) is 15.2. The average Bonchev–Trinajstić information content (AvgIpc) is 2.78. The molecule has 0 unspecified atom stereocenters. The Morgan fingerprint density at radius 1 is 1.24 bits per heavy atom. The van der Waals surface area contributed by atoms with Gasteiger partial charge in [0.05, 0.1) is 0 Å². The summed E-state index contributed by atoms with van der Waals surface area (Å²) < 4.78 is 2.19. The summed E-state index contributed by atoms with van der Waals surface area (Å²) in [4.78, 5) is 11.9. The van der Waals surface area contributed by atoms with Gasteiger partial charge in [0, 0.05) is 24.0 Å². The van der Waals surface area contributed by atoms with Crippen molar-refractivity contribution in [1.82, 2.24) is 4.57 Å². The van der Waals surface area contributed by atoms with Crippen LogP contribution in [0.15, 0.2) is 48.7 Å². The smallest absolute Gasteiger partial charge is 0.161 e. The van der Waals surface area contributed by atoms with Gasteiger partial charge in [-0.25, -0.2) is 0 Å². The standard InChI is InChI=1S/C19H23NO/c1-4-5-7-12-18-15(2)20(14-19(18)16(3)21)13-17-10-8-6-9-11-17/h4-6,8-11,14H,7,12-13H2,1-3H3/b5-4-. The van der Waals surface area contributed by atoms with Gasteiger partial charge in [-0.05, 0) is 44.7 Å². The predicted octanol–water partition coefficient (Wildman–Crippen LogP) is 4.56. The van der Waals surface area contributed by atoms with Crippen LogP contribution < -0.4 is 0 Å². The number of hydrogen-bond acceptors (Lipinski definition) is 1. The van der Waals surface area contributed by atoms with Crippen LogP contribution in [0, 0.1) is 6.92 Å². The maximum absolute atomic E-state index is 11.9. The van der Waals surface area contributed by atoms with Crippen LogP contribution in [-0.4, -0.2) is 10.4 Å². The van der Waals surface area contributed by atoms with E-state index in [-0.39, 0.29) is 5.78 Å². The Labute approximate surface area is 127 Å². The largest absolute Gasteiger partial charge is 0.346 e. The molecule has 1 aromatic carbocycles. The van der Waals surface area contributed by atoms with Crippen LogP contribution in [0.4, 0.5) is 0 Å². The van der Waals surface area contributed by atoms with E-state index in [1.165, 1.54) is 16.8 Å². The Hall–Kier alpha value is -2.09. The molecule has 1 heterocycles. The fraction of sp³-hybridized carbons (Fsp3) is 0.316. The topological polar surface area (TPSA) is 22.0 Å². The number of allylic oxidation sites excluding steroid dienone is 2. The number of Topliss-reactive ketones (excluding diaryl/α,β-unsaturated/α-hetero) is 1. The van der Waals surface area contributed by atoms with E-state index < -0.39 is 0 Å². The summed E-state index contributed by atoms with van der Waals surface area (Å²) in [7, 11) is 0. The van der Waals surface area contributed by atoms with Crippen molar-refractivity contribution in [3.8, 4) is 0 Å². The quantitative estimate of drug-likeness (QED) is 0.562. The van der Waals surface area contributed by atoms with E-state index in [9.17, 15) is 4.79 Å². The molecule has 0 saturated heterocycles. The zero-order valence-electron chi connectivity index (χ0n) is 13.1. The predicted molar refractivity (Wildman–Crippen MR) is 87.9 cm³/mol. The molecule has 1 aromatic heterocycles. The minimum absolute atomic E-state index is 0.153. The Balaban J connectivity index is 2.30. The van der Waals surface area contributed by atoms with Crippen molar-refractivity contribution >= 4 is 5.78 Å². The molecule has 0 aliphatic carbocycles. The van der Waals surface area contributed by atoms with Crippen molar-refractivity contribution in [3.05, 3.63) is 71.1 Å². The summed E-state index contributed by atoms with van der Waals surface area (Å²) in [5.74, 6) is 0.153. The highest BCUT2D eigenvalue weighted by atomic mass is 16.1. The number of aromatic nitrogens is 1. The number of carbonyl (C=O) groups excluding carboxylic acids is 1. The van der Waals surface area contributed by atoms with Crippen molar-refractivity contribution in [1.29, 1.82) is 0 Å². The Morgan fingerprint density at radius 3 is 2.57 bits per heavy atom. The monoisotopic (exact) mass is 281 g/mol. The number of carbonyl (C=O) groups is 1. The van der Waals surface area contributed by atoms with E-state index in [1.54, 1.807) is 6.92 Å². The summed E-state index contributed by atoms with van der Waals surface area (Å²) in [6.07, 6.45) is 8.12. The maximum Gasteiger partial charge on any atom is 0.161 e. The van der Waals surface area contributed by atoms with E-state index >= 15 is 0 Å². The van der Waals surface area contributed by atoms with Gasteiger partial charge >= 0.3 is 0 Å². The van der Waals surface area contributed by atoms with Crippen molar-refractivity contribution in [2.24, 2.45) is 0 Å². The SMILES string of the molecule is C/C=C\CCc1c(C(C)=O)cn(Cc2ccccc2)c1C. The van der Waals surface area contributed by atoms with Crippen molar-refractivity contribution in [3.63, 3.8) is 0 Å². The van der Waals surface area contributed by atoms with Crippen molar-refractivity contribution in [2.75, 3.05) is 0 Å². The van der Waals surface area contributed by atoms with Crippen LogP contribution in [-0.2, 0) is 13.0 Å². The number of nitrogens with zero attached hydrogens (tertiary/aromatic N) is 1. The number of rotatable bonds is 6. The number of ketones is 1. The van der Waals surface area contributed by atoms with Gasteiger partial charge in [0.2, 0.25) is 0 Å². The molecule has 0 amide bonds. The van der Waals surface area contributed by atoms with E-state index in [1.807, 2.05) is 31.3 Å². The van der Waals surface area contributed by atoms with Gasteiger partial charge in [0.15, 0.2) is 5.78 Å². The lowest BCUT2D eigenvalue weighted by Gasteiger charge is -2.07. The summed E-state index contributed by atoms with van der Waals surface area (Å²) in [6.45, 7) is 6.61. The molecule has 0 aliphatic heterocycles. The molecule has 0 radical (unpaired) electrons. The minimum atomic E-state index is 0.153. The summed E-state index contributed by atoms with van der Waals surface area (Å²) in [6, 6.07) is 10.4. The molecule has 0 bridgehead atoms. The molecular formula is C19H23NO. The summed E-state index contributed by atoms with van der Waals surface area (Å²) >= 11 is 0. The van der Waals surface area contributed by atoms with E-state index in [4.69, 9.17) is 0 Å². The third-order valence-electron chi connectivity index (χ3n) is 3.85. The molecule has 2 rings (SSSR count). The van der Waals surface area contributed by atoms with Crippen molar-refractivity contribution in [2.45, 2.75) is 40.2 Å². The van der Waals surface area contributed by atoms with Gasteiger partial charge in [-0.2, -0.15) is 0 Å². The van der Waals surface area contributed by atoms with E-state index in [0.29, 0.717) is 0 Å². The number of hydrogen-bond donors (Lipinski definition) is 0. The van der Waals surface area contributed by atoms with E-state index in [0.717, 1.165) is 24.9 Å². The fourth-order valence-electron chi connectivity index (χ4n) is 2.66. The lowest BCUT2D eigenvalue weighted by molar-refractivity contribution is 0.101. The normalized spacial score (nSPS) is 11.2. The van der Waals surface area contributed by atoms with Crippen LogP contribution >= 0.6 is 0 Å². The second kappa shape index (κ2) is 7.07. The Bertz CT molecular complexity index is 635. The fourth-order valence-corrected chi connectivity index (χ4v) is 2.66. The van der Waals surface area contributed by atoms with Crippen LogP contribution in [0.1, 0.15) is 47.4 Å². The third-order valence-corrected chi connectivity index (χ3v) is 3.85. The van der Waals surface area contributed by atoms with Crippen molar-refractivity contribution < 1.29 is 4.79 Å². The zero-order valence-corrected chi connectivity index (χ0v) is 13.1. The van der Waals surface area contributed by atoms with Gasteiger partial charge < -0.3 is 4.57 Å². The molecule has 0 saturated carbocycles. The van der Waals surface area contributed by atoms with Gasteiger partial charge in [-0.3, -0.25) is 4.79 Å². The third kappa shape index (κ3) is 3.72. The van der Waals surface area contributed by atoms with Gasteiger partial charge in [-0.1, -0.05) is 42.5 Å². The summed E-state index contributed by atoms with van der Waals surface area (Å²) in [5.41, 5.74) is 4.52. The molecule has 2 heteroatoms. The molecule has 0 fully saturated rings. The second-order valence-corrected chi connectivity index (χ2v) is 5.38. The van der Waals surface area contributed by atoms with Crippen LogP contribution in [0.2, 0.25) is 0 Å². The lowest BCUT2D eigenvalue weighted by atomic mass is 10.0. The highest BCUT2D eigenvalue weighted by Gasteiger charge is 2.15. The Kier molecular flexibility index (Phi) is 5.15. The molecule has 21 heavy (non-hydrogen) atoms. The van der Waals surface area contributed by atoms with Gasteiger partial charge in [-0.15, -0.1) is 0 Å². The molecular weight excluding hydrogens is 258 g/mol. The average molecular weight is 281 g/mol. The molecule has 0 spiro atoms. The summed E-state index contributed by atoms with van der Waals surface area (Å²) in [5, 5.41) is 0. The first-order valence-corrected chi connectivity index (χ1v) is 7.48. The van der Waals surface area contributed by atoms with Crippen LogP contribution in [0.3, 0.4) is 0 Å². The first-order valence-electron chi connectivity index (χ1n) is 7.48. The Morgan fingerprint density at radius 2 is 1.95 bits per heavy atom. The molecule has 0 aliphatic rings. The lowest BCUT2D eigenvalue weighted by Crippen LogP contribution is -2.01. The second-order valence-electron chi connectivity index (χ2n) is 5.38. The van der Waals surface area contributed by atoms with Crippen LogP contribution in [0.25, 0.3) is 0 Å². The van der Waals surface area contributed by atoms with E-state index in [2.05, 4.69) is 35.8 Å². The minimum Gasteiger partial charge on any atom is -0.346 e. The van der Waals surface area contributed by atoms with Gasteiger partial charge in [0.1, 0.15) is 0 Å². The highest BCUT2D eigenvalue weighted by Crippen LogP contribution is 2.21. The first-order chi connectivity index (χ1) is 10.1. The molecule has 110 valence electrons. The first kappa shape index (κ1) is 15.3. The molecule has 0 atom stereocenters. The molecule has 2 nitrogen and oxygen atoms in total. The molecule has 0 N–H and O–H groups in total. The highest BCUT2D eigenvalue weighted by molar-refractivity contribution is 5.95.